The maximum atomic E-state index is 13.6. The number of pyridine rings is 1. The average molecular weight is 421 g/mol. The van der Waals surface area contributed by atoms with Crippen molar-refractivity contribution < 1.29 is 19.0 Å². The number of dihydropyridines is 1. The predicted molar refractivity (Wildman–Crippen MR) is 116 cm³/mol. The van der Waals surface area contributed by atoms with E-state index in [0.29, 0.717) is 35.5 Å². The number of amides is 1. The van der Waals surface area contributed by atoms with Gasteiger partial charge in [-0.15, -0.1) is 0 Å². The number of nitrogens with one attached hydrogen (secondary N) is 3. The zero-order valence-corrected chi connectivity index (χ0v) is 18.2. The van der Waals surface area contributed by atoms with E-state index in [-0.39, 0.29) is 22.9 Å². The lowest BCUT2D eigenvalue weighted by Gasteiger charge is -2.39. The van der Waals surface area contributed by atoms with Crippen LogP contribution in [0.25, 0.3) is 0 Å². The minimum Gasteiger partial charge on any atom is -0.362 e. The van der Waals surface area contributed by atoms with E-state index in [1.807, 2.05) is 26.0 Å². The Morgan fingerprint density at radius 1 is 1.16 bits per heavy atom. The largest absolute Gasteiger partial charge is 0.362 e. The Morgan fingerprint density at radius 3 is 2.55 bits per heavy atom. The molecule has 2 heterocycles. The molecular formula is C25H27FN3O2+. The first kappa shape index (κ1) is 21.0. The fraction of sp³-hybridized carbons (Fsp3) is 0.320. The molecule has 1 amide bonds. The lowest BCUT2D eigenvalue weighted by atomic mass is 9.68. The summed E-state index contributed by atoms with van der Waals surface area (Å²) in [6, 6.07) is 9.81. The zero-order valence-electron chi connectivity index (χ0n) is 18.2. The molecule has 1 atom stereocenters. The summed E-state index contributed by atoms with van der Waals surface area (Å²) in [4.78, 5) is 29.8. The number of hydrogen-bond donors (Lipinski definition) is 2. The van der Waals surface area contributed by atoms with Gasteiger partial charge in [-0.3, -0.25) is 4.79 Å². The van der Waals surface area contributed by atoms with Gasteiger partial charge in [0.15, 0.2) is 5.78 Å². The highest BCUT2D eigenvalue weighted by molar-refractivity contribution is 6.09. The normalized spacial score (nSPS) is 20.3. The summed E-state index contributed by atoms with van der Waals surface area (Å²) in [6.45, 7) is 7.89. The van der Waals surface area contributed by atoms with Crippen LogP contribution in [0, 0.1) is 18.2 Å². The number of aryl methyl sites for hydroxylation is 1. The smallest absolute Gasteiger partial charge is 0.337 e. The van der Waals surface area contributed by atoms with Gasteiger partial charge < -0.3 is 5.32 Å². The monoisotopic (exact) mass is 420 g/mol. The third-order valence-corrected chi connectivity index (χ3v) is 5.99. The first-order valence-electron chi connectivity index (χ1n) is 10.4. The summed E-state index contributed by atoms with van der Waals surface area (Å²) in [5, 5.41) is 6.29. The van der Waals surface area contributed by atoms with E-state index in [9.17, 15) is 14.0 Å². The van der Waals surface area contributed by atoms with E-state index >= 15 is 0 Å². The van der Waals surface area contributed by atoms with Crippen LogP contribution in [-0.4, -0.2) is 11.7 Å². The number of benzene rings is 1. The molecule has 31 heavy (non-hydrogen) atoms. The molecule has 3 N–H and O–H groups in total. The second-order valence-electron chi connectivity index (χ2n) is 9.16. The fourth-order valence-corrected chi connectivity index (χ4v) is 4.56. The highest BCUT2D eigenvalue weighted by Crippen LogP contribution is 2.46. The summed E-state index contributed by atoms with van der Waals surface area (Å²) in [5.41, 5.74) is 4.09. The maximum Gasteiger partial charge on any atom is 0.337 e. The Morgan fingerprint density at radius 2 is 1.87 bits per heavy atom. The Kier molecular flexibility index (Phi) is 5.25. The van der Waals surface area contributed by atoms with Crippen LogP contribution in [0.15, 0.2) is 65.1 Å². The van der Waals surface area contributed by atoms with Gasteiger partial charge in [-0.05, 0) is 55.5 Å². The Hall–Kier alpha value is -3.28. The van der Waals surface area contributed by atoms with Crippen molar-refractivity contribution in [1.29, 1.82) is 0 Å². The van der Waals surface area contributed by atoms with Crippen LogP contribution in [0.2, 0.25) is 0 Å². The van der Waals surface area contributed by atoms with Gasteiger partial charge in [-0.25, -0.2) is 19.5 Å². The van der Waals surface area contributed by atoms with E-state index in [1.54, 1.807) is 18.3 Å². The van der Waals surface area contributed by atoms with Gasteiger partial charge in [-0.1, -0.05) is 26.0 Å². The van der Waals surface area contributed by atoms with Crippen molar-refractivity contribution in [3.63, 3.8) is 0 Å². The van der Waals surface area contributed by atoms with Crippen molar-refractivity contribution in [2.24, 2.45) is 5.41 Å². The molecule has 0 saturated carbocycles. The highest BCUT2D eigenvalue weighted by atomic mass is 19.1. The third kappa shape index (κ3) is 4.02. The van der Waals surface area contributed by atoms with Crippen molar-refractivity contribution in [2.75, 3.05) is 5.32 Å². The molecule has 2 aromatic rings. The first-order valence-corrected chi connectivity index (χ1v) is 10.4. The maximum absolute atomic E-state index is 13.6. The first-order chi connectivity index (χ1) is 14.7. The predicted octanol–water partition coefficient (Wildman–Crippen LogP) is 4.19. The summed E-state index contributed by atoms with van der Waals surface area (Å²) in [7, 11) is 0. The molecular weight excluding hydrogens is 393 g/mol. The van der Waals surface area contributed by atoms with E-state index in [4.69, 9.17) is 0 Å². The molecule has 5 nitrogen and oxygen atoms in total. The van der Waals surface area contributed by atoms with Gasteiger partial charge in [0.1, 0.15) is 5.82 Å². The number of allylic oxidation sites excluding steroid dienone is 3. The number of carbonyl (C=O) groups is 2. The zero-order chi connectivity index (χ0) is 22.3. The SMILES string of the molecule is CC1=C(C(=O)Nc2[nH+]cccc2C)C(c2ccc(F)cc2)C2=C(CC(C)(C)CC2=O)N1. The van der Waals surface area contributed by atoms with Crippen molar-refractivity contribution in [3.05, 3.63) is 82.1 Å². The molecule has 6 heteroatoms. The minimum atomic E-state index is -0.551. The molecule has 160 valence electrons. The van der Waals surface area contributed by atoms with E-state index in [1.165, 1.54) is 12.1 Å². The number of ketones is 1. The molecule has 0 radical (unpaired) electrons. The number of halogens is 1. The molecule has 0 saturated heterocycles. The number of aromatic amines is 1. The summed E-state index contributed by atoms with van der Waals surface area (Å²) in [5.74, 6) is -0.586. The molecule has 1 aromatic heterocycles. The number of hydrogen-bond acceptors (Lipinski definition) is 3. The van der Waals surface area contributed by atoms with Gasteiger partial charge in [0.25, 0.3) is 5.82 Å². The Balaban J connectivity index is 1.81. The van der Waals surface area contributed by atoms with Crippen molar-refractivity contribution in [1.82, 2.24) is 5.32 Å². The summed E-state index contributed by atoms with van der Waals surface area (Å²) < 4.78 is 13.6. The topological polar surface area (TPSA) is 72.3 Å². The summed E-state index contributed by atoms with van der Waals surface area (Å²) >= 11 is 0. The van der Waals surface area contributed by atoms with Crippen LogP contribution in [-0.2, 0) is 9.59 Å². The van der Waals surface area contributed by atoms with Gasteiger partial charge >= 0.3 is 5.91 Å². The van der Waals surface area contributed by atoms with Gasteiger partial charge in [-0.2, -0.15) is 0 Å². The van der Waals surface area contributed by atoms with Gasteiger partial charge in [0, 0.05) is 34.9 Å². The highest BCUT2D eigenvalue weighted by Gasteiger charge is 2.43. The number of carbonyl (C=O) groups excluding carboxylic acids is 2. The quantitative estimate of drug-likeness (QED) is 0.782. The molecule has 1 aliphatic heterocycles. The minimum absolute atomic E-state index is 0.0216. The summed E-state index contributed by atoms with van der Waals surface area (Å²) in [6.07, 6.45) is 2.86. The molecule has 4 rings (SSSR count). The Bertz CT molecular complexity index is 1130. The van der Waals surface area contributed by atoms with Crippen LogP contribution in [0.4, 0.5) is 10.2 Å². The second-order valence-corrected chi connectivity index (χ2v) is 9.16. The molecule has 2 aliphatic rings. The second kappa shape index (κ2) is 7.76. The van der Waals surface area contributed by atoms with Gasteiger partial charge in [0.2, 0.25) is 0 Å². The van der Waals surface area contributed by atoms with Crippen LogP contribution in [0.3, 0.4) is 0 Å². The number of rotatable bonds is 3. The number of Topliss-reactive ketones (excluding diaryl/α,β-unsaturated/α-hetero) is 1. The lowest BCUT2D eigenvalue weighted by molar-refractivity contribution is -0.361. The number of aromatic nitrogens is 1. The standard InChI is InChI=1S/C25H26FN3O2/c1-14-6-5-11-27-23(14)29-24(31)20-15(2)28-18-12-25(3,4)13-19(30)22(18)21(20)16-7-9-17(26)10-8-16/h5-11,21,28H,12-13H2,1-4H3,(H,27,29,31)/p+1. The molecule has 0 spiro atoms. The molecule has 1 aromatic carbocycles. The molecule has 0 bridgehead atoms. The fourth-order valence-electron chi connectivity index (χ4n) is 4.56. The average Bonchev–Trinajstić information content (AvgIpc) is 2.68. The van der Waals surface area contributed by atoms with Crippen molar-refractivity contribution in [2.45, 2.75) is 46.5 Å². The van der Waals surface area contributed by atoms with Crippen LogP contribution >= 0.6 is 0 Å². The molecule has 0 fully saturated rings. The van der Waals surface area contributed by atoms with Crippen LogP contribution < -0.4 is 15.6 Å². The number of anilines is 1. The van der Waals surface area contributed by atoms with Crippen molar-refractivity contribution >= 4 is 17.5 Å². The van der Waals surface area contributed by atoms with E-state index < -0.39 is 5.92 Å². The number of H-pyrrole nitrogens is 1. The third-order valence-electron chi connectivity index (χ3n) is 5.99. The lowest BCUT2D eigenvalue weighted by Crippen LogP contribution is -2.39. The van der Waals surface area contributed by atoms with Crippen LogP contribution in [0.5, 0.6) is 0 Å². The van der Waals surface area contributed by atoms with Crippen LogP contribution in [0.1, 0.15) is 50.7 Å². The van der Waals surface area contributed by atoms with Crippen molar-refractivity contribution in [3.8, 4) is 0 Å². The Labute approximate surface area is 181 Å². The van der Waals surface area contributed by atoms with E-state index in [2.05, 4.69) is 29.5 Å². The van der Waals surface area contributed by atoms with E-state index in [0.717, 1.165) is 16.8 Å². The molecule has 1 unspecified atom stereocenters. The van der Waals surface area contributed by atoms with Gasteiger partial charge in [0.05, 0.1) is 11.8 Å². The molecule has 1 aliphatic carbocycles.